The van der Waals surface area contributed by atoms with E-state index >= 15 is 0 Å². The fourth-order valence-corrected chi connectivity index (χ4v) is 2.36. The first kappa shape index (κ1) is 9.44. The van der Waals surface area contributed by atoms with E-state index in [1.165, 1.54) is 38.9 Å². The fraction of sp³-hybridized carbons (Fsp3) is 1.00. The van der Waals surface area contributed by atoms with Crippen molar-refractivity contribution in [3.8, 4) is 0 Å². The van der Waals surface area contributed by atoms with E-state index in [-0.39, 0.29) is 5.54 Å². The summed E-state index contributed by atoms with van der Waals surface area (Å²) < 4.78 is 0. The van der Waals surface area contributed by atoms with E-state index in [9.17, 15) is 0 Å². The predicted octanol–water partition coefficient (Wildman–Crippen LogP) is 0.163. The van der Waals surface area contributed by atoms with Gasteiger partial charge in [-0.25, -0.2) is 0 Å². The molecule has 0 aromatic rings. The Bertz CT molecular complexity index is 158. The Hall–Kier alpha value is -0.120. The van der Waals surface area contributed by atoms with E-state index < -0.39 is 0 Å². The second-order valence-corrected chi connectivity index (χ2v) is 4.59. The average molecular weight is 183 g/mol. The van der Waals surface area contributed by atoms with Crippen LogP contribution in [0.3, 0.4) is 0 Å². The van der Waals surface area contributed by atoms with Gasteiger partial charge in [0, 0.05) is 12.1 Å². The first-order valence-electron chi connectivity index (χ1n) is 5.51. The molecule has 3 N–H and O–H groups in total. The second-order valence-electron chi connectivity index (χ2n) is 4.59. The Labute approximate surface area is 80.7 Å². The summed E-state index contributed by atoms with van der Waals surface area (Å²) in [6.45, 7) is 5.92. The summed E-state index contributed by atoms with van der Waals surface area (Å²) in [5.41, 5.74) is 6.35. The summed E-state index contributed by atoms with van der Waals surface area (Å²) in [6.07, 6.45) is 5.09. The molecule has 76 valence electrons. The molecule has 2 aliphatic heterocycles. The van der Waals surface area contributed by atoms with Gasteiger partial charge in [0.15, 0.2) is 0 Å². The molecule has 2 aliphatic rings. The molecule has 0 aliphatic carbocycles. The molecular formula is C10H21N3. The van der Waals surface area contributed by atoms with Crippen LogP contribution in [0, 0.1) is 0 Å². The third kappa shape index (κ3) is 2.42. The molecule has 0 aromatic heterocycles. The van der Waals surface area contributed by atoms with Crippen LogP contribution in [0.1, 0.15) is 25.7 Å². The molecule has 0 saturated carbocycles. The van der Waals surface area contributed by atoms with Gasteiger partial charge in [-0.1, -0.05) is 0 Å². The maximum atomic E-state index is 6.25. The van der Waals surface area contributed by atoms with Crippen LogP contribution < -0.4 is 11.1 Å². The number of nitrogens with zero attached hydrogens (tertiary/aromatic N) is 1. The molecule has 13 heavy (non-hydrogen) atoms. The Morgan fingerprint density at radius 2 is 2.08 bits per heavy atom. The smallest absolute Gasteiger partial charge is 0.0305 e. The summed E-state index contributed by atoms with van der Waals surface area (Å²) in [5, 5.41) is 3.34. The second kappa shape index (κ2) is 3.95. The van der Waals surface area contributed by atoms with Gasteiger partial charge in [-0.3, -0.25) is 0 Å². The van der Waals surface area contributed by atoms with Crippen molar-refractivity contribution in [2.45, 2.75) is 31.2 Å². The van der Waals surface area contributed by atoms with Gasteiger partial charge in [-0.15, -0.1) is 0 Å². The SMILES string of the molecule is NC1(CCN2CCCC2)CCNC1. The van der Waals surface area contributed by atoms with E-state index in [4.69, 9.17) is 5.73 Å². The van der Waals surface area contributed by atoms with E-state index in [1.807, 2.05) is 0 Å². The van der Waals surface area contributed by atoms with Crippen LogP contribution in [-0.2, 0) is 0 Å². The monoisotopic (exact) mass is 183 g/mol. The molecule has 0 bridgehead atoms. The van der Waals surface area contributed by atoms with E-state index in [0.29, 0.717) is 0 Å². The molecule has 0 aromatic carbocycles. The molecule has 0 amide bonds. The molecular weight excluding hydrogens is 162 g/mol. The van der Waals surface area contributed by atoms with Crippen LogP contribution >= 0.6 is 0 Å². The Kier molecular flexibility index (Phi) is 2.86. The first-order valence-corrected chi connectivity index (χ1v) is 5.51. The molecule has 0 radical (unpaired) electrons. The van der Waals surface area contributed by atoms with Gasteiger partial charge < -0.3 is 16.0 Å². The number of hydrogen-bond donors (Lipinski definition) is 2. The van der Waals surface area contributed by atoms with Gasteiger partial charge in [0.1, 0.15) is 0 Å². The zero-order valence-electron chi connectivity index (χ0n) is 8.39. The predicted molar refractivity (Wildman–Crippen MR) is 54.7 cm³/mol. The van der Waals surface area contributed by atoms with Crippen molar-refractivity contribution in [1.82, 2.24) is 10.2 Å². The lowest BCUT2D eigenvalue weighted by Gasteiger charge is -2.25. The van der Waals surface area contributed by atoms with Gasteiger partial charge in [-0.05, 0) is 51.9 Å². The Morgan fingerprint density at radius 3 is 2.69 bits per heavy atom. The van der Waals surface area contributed by atoms with Gasteiger partial charge >= 0.3 is 0 Å². The number of likely N-dealkylation sites (tertiary alicyclic amines) is 1. The average Bonchev–Trinajstić information content (AvgIpc) is 2.72. The molecule has 3 heteroatoms. The van der Waals surface area contributed by atoms with E-state index in [1.54, 1.807) is 0 Å². The summed E-state index contributed by atoms with van der Waals surface area (Å²) >= 11 is 0. The summed E-state index contributed by atoms with van der Waals surface area (Å²) in [7, 11) is 0. The highest BCUT2D eigenvalue weighted by molar-refractivity contribution is 4.93. The third-order valence-electron chi connectivity index (χ3n) is 3.40. The molecule has 2 fully saturated rings. The van der Waals surface area contributed by atoms with Crippen molar-refractivity contribution in [3.63, 3.8) is 0 Å². The molecule has 2 rings (SSSR count). The first-order chi connectivity index (χ1) is 6.29. The minimum Gasteiger partial charge on any atom is -0.324 e. The van der Waals surface area contributed by atoms with Gasteiger partial charge in [0.25, 0.3) is 0 Å². The van der Waals surface area contributed by atoms with Crippen molar-refractivity contribution in [1.29, 1.82) is 0 Å². The van der Waals surface area contributed by atoms with E-state index in [2.05, 4.69) is 10.2 Å². The Balaban J connectivity index is 1.71. The van der Waals surface area contributed by atoms with Crippen LogP contribution in [0.4, 0.5) is 0 Å². The van der Waals surface area contributed by atoms with Crippen LogP contribution in [0.5, 0.6) is 0 Å². The molecule has 0 spiro atoms. The molecule has 2 saturated heterocycles. The number of hydrogen-bond acceptors (Lipinski definition) is 3. The third-order valence-corrected chi connectivity index (χ3v) is 3.40. The highest BCUT2D eigenvalue weighted by Crippen LogP contribution is 2.17. The fourth-order valence-electron chi connectivity index (χ4n) is 2.36. The lowest BCUT2D eigenvalue weighted by Crippen LogP contribution is -2.44. The minimum atomic E-state index is 0.0998. The van der Waals surface area contributed by atoms with E-state index in [0.717, 1.165) is 19.5 Å². The van der Waals surface area contributed by atoms with Crippen LogP contribution in [0.15, 0.2) is 0 Å². The van der Waals surface area contributed by atoms with Crippen molar-refractivity contribution in [2.24, 2.45) is 5.73 Å². The molecule has 3 nitrogen and oxygen atoms in total. The standard InChI is InChI=1S/C10H21N3/c11-10(3-5-12-9-10)4-8-13-6-1-2-7-13/h12H,1-9,11H2. The number of nitrogens with two attached hydrogens (primary N) is 1. The Morgan fingerprint density at radius 1 is 1.31 bits per heavy atom. The molecule has 2 heterocycles. The van der Waals surface area contributed by atoms with Gasteiger partial charge in [0.05, 0.1) is 0 Å². The summed E-state index contributed by atoms with van der Waals surface area (Å²) in [5.74, 6) is 0. The highest BCUT2D eigenvalue weighted by Gasteiger charge is 2.29. The topological polar surface area (TPSA) is 41.3 Å². The van der Waals surface area contributed by atoms with Crippen molar-refractivity contribution < 1.29 is 0 Å². The maximum Gasteiger partial charge on any atom is 0.0305 e. The summed E-state index contributed by atoms with van der Waals surface area (Å²) in [4.78, 5) is 2.55. The lowest BCUT2D eigenvalue weighted by molar-refractivity contribution is 0.288. The lowest BCUT2D eigenvalue weighted by atomic mass is 9.95. The quantitative estimate of drug-likeness (QED) is 0.655. The number of nitrogens with one attached hydrogen (secondary N) is 1. The summed E-state index contributed by atoms with van der Waals surface area (Å²) in [6, 6.07) is 0. The van der Waals surface area contributed by atoms with Crippen molar-refractivity contribution in [3.05, 3.63) is 0 Å². The van der Waals surface area contributed by atoms with Crippen LogP contribution in [0.25, 0.3) is 0 Å². The normalized spacial score (nSPS) is 35.8. The van der Waals surface area contributed by atoms with Gasteiger partial charge in [0.2, 0.25) is 0 Å². The van der Waals surface area contributed by atoms with Crippen LogP contribution in [-0.4, -0.2) is 43.2 Å². The van der Waals surface area contributed by atoms with Crippen molar-refractivity contribution in [2.75, 3.05) is 32.7 Å². The zero-order chi connectivity index (χ0) is 9.15. The highest BCUT2D eigenvalue weighted by atomic mass is 15.1. The van der Waals surface area contributed by atoms with Crippen LogP contribution in [0.2, 0.25) is 0 Å². The molecule has 1 unspecified atom stereocenters. The van der Waals surface area contributed by atoms with Gasteiger partial charge in [-0.2, -0.15) is 0 Å². The number of rotatable bonds is 3. The molecule has 1 atom stereocenters. The zero-order valence-corrected chi connectivity index (χ0v) is 8.39. The maximum absolute atomic E-state index is 6.25. The largest absolute Gasteiger partial charge is 0.324 e. The minimum absolute atomic E-state index is 0.0998. The van der Waals surface area contributed by atoms with Crippen molar-refractivity contribution >= 4 is 0 Å².